The molecule has 1 aromatic carbocycles. The number of aromatic nitrogens is 1. The van der Waals surface area contributed by atoms with Gasteiger partial charge in [-0.25, -0.2) is 4.98 Å². The fraction of sp³-hybridized carbons (Fsp3) is 0.421. The van der Waals surface area contributed by atoms with Crippen LogP contribution in [0.15, 0.2) is 34.0 Å². The van der Waals surface area contributed by atoms with E-state index < -0.39 is 0 Å². The topological polar surface area (TPSA) is 80.8 Å². The fourth-order valence-electron chi connectivity index (χ4n) is 2.70. The zero-order chi connectivity index (χ0) is 19.8. The summed E-state index contributed by atoms with van der Waals surface area (Å²) in [5.74, 6) is -0.119. The molecule has 28 heavy (non-hydrogen) atoms. The third kappa shape index (κ3) is 6.22. The van der Waals surface area contributed by atoms with Gasteiger partial charge in [-0.15, -0.1) is 11.3 Å². The highest BCUT2D eigenvalue weighted by Gasteiger charge is 2.12. The van der Waals surface area contributed by atoms with E-state index in [1.165, 1.54) is 23.1 Å². The number of hydrogen-bond donors (Lipinski definition) is 1. The van der Waals surface area contributed by atoms with Crippen molar-refractivity contribution in [1.29, 1.82) is 0 Å². The van der Waals surface area contributed by atoms with E-state index in [9.17, 15) is 9.59 Å². The molecule has 1 aliphatic heterocycles. The number of thioether (sulfide) groups is 1. The number of rotatable bonds is 8. The molecule has 1 aliphatic rings. The average Bonchev–Trinajstić information content (AvgIpc) is 3.15. The summed E-state index contributed by atoms with van der Waals surface area (Å²) in [4.78, 5) is 30.3. The Morgan fingerprint density at radius 1 is 1.29 bits per heavy atom. The molecule has 2 aromatic rings. The van der Waals surface area contributed by atoms with Gasteiger partial charge in [-0.2, -0.15) is 0 Å². The average molecular weight is 422 g/mol. The third-order valence-electron chi connectivity index (χ3n) is 4.02. The summed E-state index contributed by atoms with van der Waals surface area (Å²) in [7, 11) is 0. The number of nitrogens with one attached hydrogen (secondary N) is 1. The maximum Gasteiger partial charge on any atom is 0.311 e. The second-order valence-corrected chi connectivity index (χ2v) is 8.15. The summed E-state index contributed by atoms with van der Waals surface area (Å²) in [6, 6.07) is 7.84. The molecular formula is C19H23N3O4S2. The van der Waals surface area contributed by atoms with Crippen molar-refractivity contribution in [3.63, 3.8) is 0 Å². The van der Waals surface area contributed by atoms with E-state index in [1.807, 2.05) is 29.6 Å². The molecule has 1 saturated heterocycles. The zero-order valence-electron chi connectivity index (χ0n) is 15.7. The summed E-state index contributed by atoms with van der Waals surface area (Å²) in [6.07, 6.45) is 0.159. The first-order valence-corrected chi connectivity index (χ1v) is 11.0. The van der Waals surface area contributed by atoms with E-state index in [0.717, 1.165) is 42.0 Å². The van der Waals surface area contributed by atoms with Gasteiger partial charge in [0.25, 0.3) is 0 Å². The molecule has 0 spiro atoms. The highest BCUT2D eigenvalue weighted by molar-refractivity contribution is 8.01. The number of amides is 1. The Kier molecular flexibility index (Phi) is 7.70. The number of carbonyl (C=O) groups is 2. The SMILES string of the molecule is CCOC(=O)Cc1csc(SCC(=O)Nc2ccc(N3CCOCC3)cc2)n1. The van der Waals surface area contributed by atoms with Crippen LogP contribution in [0.5, 0.6) is 0 Å². The first kappa shape index (κ1) is 20.6. The molecule has 1 N–H and O–H groups in total. The lowest BCUT2D eigenvalue weighted by Crippen LogP contribution is -2.36. The van der Waals surface area contributed by atoms with Crippen LogP contribution in [-0.4, -0.2) is 55.5 Å². The minimum absolute atomic E-state index is 0.0914. The Morgan fingerprint density at radius 3 is 2.75 bits per heavy atom. The number of hydrogen-bond acceptors (Lipinski definition) is 8. The van der Waals surface area contributed by atoms with E-state index in [1.54, 1.807) is 6.92 Å². The van der Waals surface area contributed by atoms with Crippen molar-refractivity contribution in [1.82, 2.24) is 4.98 Å². The predicted molar refractivity (Wildman–Crippen MR) is 111 cm³/mol. The largest absolute Gasteiger partial charge is 0.466 e. The second-order valence-electron chi connectivity index (χ2n) is 6.07. The molecule has 0 saturated carbocycles. The standard InChI is InChI=1S/C19H23N3O4S2/c1-2-26-18(24)11-15-12-27-19(21-15)28-13-17(23)20-14-3-5-16(6-4-14)22-7-9-25-10-8-22/h3-6,12H,2,7-11,13H2,1H3,(H,20,23). The highest BCUT2D eigenvalue weighted by Crippen LogP contribution is 2.24. The van der Waals surface area contributed by atoms with Crippen LogP contribution in [0.3, 0.4) is 0 Å². The molecule has 2 heterocycles. The van der Waals surface area contributed by atoms with E-state index >= 15 is 0 Å². The van der Waals surface area contributed by atoms with Gasteiger partial charge in [-0.05, 0) is 31.2 Å². The molecule has 0 unspecified atom stereocenters. The number of benzene rings is 1. The lowest BCUT2D eigenvalue weighted by molar-refractivity contribution is -0.142. The van der Waals surface area contributed by atoms with Crippen LogP contribution < -0.4 is 10.2 Å². The van der Waals surface area contributed by atoms with Crippen LogP contribution >= 0.6 is 23.1 Å². The van der Waals surface area contributed by atoms with Crippen molar-refractivity contribution in [2.24, 2.45) is 0 Å². The summed E-state index contributed by atoms with van der Waals surface area (Å²) >= 11 is 2.78. The minimum Gasteiger partial charge on any atom is -0.466 e. The van der Waals surface area contributed by atoms with E-state index in [2.05, 4.69) is 15.2 Å². The van der Waals surface area contributed by atoms with Gasteiger partial charge in [0.1, 0.15) is 0 Å². The first-order valence-electron chi connectivity index (χ1n) is 9.09. The van der Waals surface area contributed by atoms with Crippen LogP contribution in [0.2, 0.25) is 0 Å². The van der Waals surface area contributed by atoms with E-state index in [0.29, 0.717) is 12.3 Å². The fourth-order valence-corrected chi connectivity index (χ4v) is 4.34. The van der Waals surface area contributed by atoms with Crippen molar-refractivity contribution in [2.45, 2.75) is 17.7 Å². The van der Waals surface area contributed by atoms with Crippen molar-refractivity contribution >= 4 is 46.3 Å². The van der Waals surface area contributed by atoms with Gasteiger partial charge in [-0.3, -0.25) is 9.59 Å². The Morgan fingerprint density at radius 2 is 2.04 bits per heavy atom. The molecule has 150 valence electrons. The molecule has 0 bridgehead atoms. The Hall–Kier alpha value is -2.10. The number of morpholine rings is 1. The van der Waals surface area contributed by atoms with Crippen LogP contribution in [0.25, 0.3) is 0 Å². The third-order valence-corrected chi connectivity index (χ3v) is 6.09. The number of anilines is 2. The van der Waals surface area contributed by atoms with Gasteiger partial charge >= 0.3 is 5.97 Å². The summed E-state index contributed by atoms with van der Waals surface area (Å²) in [5.41, 5.74) is 2.57. The Labute approximate surface area is 172 Å². The number of nitrogens with zero attached hydrogens (tertiary/aromatic N) is 2. The maximum absolute atomic E-state index is 12.2. The van der Waals surface area contributed by atoms with E-state index in [-0.39, 0.29) is 24.1 Å². The second kappa shape index (κ2) is 10.4. The molecular weight excluding hydrogens is 398 g/mol. The van der Waals surface area contributed by atoms with Crippen LogP contribution in [0.4, 0.5) is 11.4 Å². The summed E-state index contributed by atoms with van der Waals surface area (Å²) in [5, 5.41) is 4.72. The van der Waals surface area contributed by atoms with Gasteiger partial charge in [-0.1, -0.05) is 11.8 Å². The number of esters is 1. The molecule has 0 atom stereocenters. The lowest BCUT2D eigenvalue weighted by Gasteiger charge is -2.28. The molecule has 0 radical (unpaired) electrons. The molecule has 7 nitrogen and oxygen atoms in total. The molecule has 3 rings (SSSR count). The van der Waals surface area contributed by atoms with Crippen molar-refractivity contribution in [2.75, 3.05) is 48.9 Å². The van der Waals surface area contributed by atoms with Gasteiger partial charge in [0.15, 0.2) is 4.34 Å². The number of carbonyl (C=O) groups excluding carboxylic acids is 2. The monoisotopic (exact) mass is 421 g/mol. The van der Waals surface area contributed by atoms with Crippen molar-refractivity contribution in [3.05, 3.63) is 35.3 Å². The van der Waals surface area contributed by atoms with Gasteiger partial charge in [0, 0.05) is 29.8 Å². The van der Waals surface area contributed by atoms with Gasteiger partial charge in [0.2, 0.25) is 5.91 Å². The van der Waals surface area contributed by atoms with Crippen LogP contribution in [-0.2, 0) is 25.5 Å². The minimum atomic E-state index is -0.289. The quantitative estimate of drug-likeness (QED) is 0.518. The molecule has 1 amide bonds. The van der Waals surface area contributed by atoms with Crippen LogP contribution in [0, 0.1) is 0 Å². The summed E-state index contributed by atoms with van der Waals surface area (Å²) in [6.45, 7) is 5.39. The first-order chi connectivity index (χ1) is 13.6. The maximum atomic E-state index is 12.2. The zero-order valence-corrected chi connectivity index (χ0v) is 17.3. The normalized spacial score (nSPS) is 14.0. The van der Waals surface area contributed by atoms with Gasteiger partial charge < -0.3 is 19.7 Å². The number of ether oxygens (including phenoxy) is 2. The predicted octanol–water partition coefficient (Wildman–Crippen LogP) is 2.82. The smallest absolute Gasteiger partial charge is 0.311 e. The van der Waals surface area contributed by atoms with Crippen molar-refractivity contribution in [3.8, 4) is 0 Å². The lowest BCUT2D eigenvalue weighted by atomic mass is 10.2. The van der Waals surface area contributed by atoms with Crippen molar-refractivity contribution < 1.29 is 19.1 Å². The van der Waals surface area contributed by atoms with E-state index in [4.69, 9.17) is 9.47 Å². The van der Waals surface area contributed by atoms with Crippen LogP contribution in [0.1, 0.15) is 12.6 Å². The van der Waals surface area contributed by atoms with Gasteiger partial charge in [0.05, 0.1) is 37.7 Å². The number of thiazole rings is 1. The molecule has 1 aromatic heterocycles. The highest BCUT2D eigenvalue weighted by atomic mass is 32.2. The Bertz CT molecular complexity index is 789. The molecule has 0 aliphatic carbocycles. The molecule has 9 heteroatoms. The Balaban J connectivity index is 1.44. The summed E-state index contributed by atoms with van der Waals surface area (Å²) < 4.78 is 11.0. The molecule has 1 fully saturated rings.